The Hall–Kier alpha value is -2.25. The van der Waals surface area contributed by atoms with Crippen LogP contribution < -0.4 is 15.4 Å². The molecule has 0 aromatic heterocycles. The molecule has 2 atom stereocenters. The summed E-state index contributed by atoms with van der Waals surface area (Å²) in [6.45, 7) is 6.05. The molecule has 0 saturated carbocycles. The second-order valence-electron chi connectivity index (χ2n) is 6.73. The molecule has 1 fully saturated rings. The topological polar surface area (TPSA) is 67.4 Å². The molecule has 0 radical (unpaired) electrons. The molecule has 132 valence electrons. The van der Waals surface area contributed by atoms with E-state index in [0.29, 0.717) is 6.54 Å². The minimum absolute atomic E-state index is 0.132. The smallest absolute Gasteiger partial charge is 0.404 e. The van der Waals surface area contributed by atoms with E-state index in [4.69, 9.17) is 0 Å². The number of carbonyl (C=O) groups is 2. The first kappa shape index (κ1) is 18.1. The Balaban J connectivity index is 2.22. The third kappa shape index (κ3) is 4.18. The van der Waals surface area contributed by atoms with Crippen LogP contribution in [0.5, 0.6) is 5.75 Å². The molecule has 2 rings (SSSR count). The van der Waals surface area contributed by atoms with Gasteiger partial charge < -0.3 is 15.4 Å². The van der Waals surface area contributed by atoms with Crippen LogP contribution in [0, 0.1) is 17.3 Å². The number of rotatable bonds is 3. The predicted octanol–water partition coefficient (Wildman–Crippen LogP) is 2.93. The highest BCUT2D eigenvalue weighted by molar-refractivity contribution is 6.08. The molecule has 1 heterocycles. The average Bonchev–Trinajstić information content (AvgIpc) is 2.81. The molecule has 1 aromatic carbocycles. The van der Waals surface area contributed by atoms with Gasteiger partial charge in [0.2, 0.25) is 11.8 Å². The van der Waals surface area contributed by atoms with E-state index >= 15 is 0 Å². The van der Waals surface area contributed by atoms with Gasteiger partial charge >= 0.3 is 6.36 Å². The van der Waals surface area contributed by atoms with Crippen molar-refractivity contribution < 1.29 is 27.5 Å². The van der Waals surface area contributed by atoms with Crippen LogP contribution in [0.3, 0.4) is 0 Å². The van der Waals surface area contributed by atoms with Crippen LogP contribution in [0.2, 0.25) is 0 Å². The van der Waals surface area contributed by atoms with Gasteiger partial charge in [-0.3, -0.25) is 9.59 Å². The maximum absolute atomic E-state index is 12.5. The lowest BCUT2D eigenvalue weighted by Gasteiger charge is -2.29. The van der Waals surface area contributed by atoms with E-state index in [2.05, 4.69) is 15.4 Å². The molecule has 24 heavy (non-hydrogen) atoms. The second kappa shape index (κ2) is 6.33. The Morgan fingerprint density at radius 1 is 1.25 bits per heavy atom. The van der Waals surface area contributed by atoms with Crippen molar-refractivity contribution in [3.8, 4) is 5.75 Å². The van der Waals surface area contributed by atoms with Crippen molar-refractivity contribution in [2.24, 2.45) is 17.3 Å². The molecule has 8 heteroatoms. The molecular weight excluding hydrogens is 325 g/mol. The minimum atomic E-state index is -4.88. The molecule has 0 spiro atoms. The molecule has 5 nitrogen and oxygen atoms in total. The number of para-hydroxylation sites is 2. The van der Waals surface area contributed by atoms with Gasteiger partial charge in [-0.2, -0.15) is 0 Å². The summed E-state index contributed by atoms with van der Waals surface area (Å²) in [5, 5.41) is 5.02. The largest absolute Gasteiger partial charge is 0.573 e. The van der Waals surface area contributed by atoms with Crippen LogP contribution in [0.1, 0.15) is 20.8 Å². The Bertz CT molecular complexity index is 638. The third-order valence-electron chi connectivity index (χ3n) is 3.95. The maximum atomic E-state index is 12.5. The molecular formula is C16H19F3N2O3. The van der Waals surface area contributed by atoms with Gasteiger partial charge in [-0.15, -0.1) is 13.2 Å². The average molecular weight is 344 g/mol. The summed E-state index contributed by atoms with van der Waals surface area (Å²) in [6, 6.07) is 5.21. The lowest BCUT2D eigenvalue weighted by atomic mass is 9.74. The zero-order chi connectivity index (χ0) is 18.1. The number of alkyl halides is 3. The lowest BCUT2D eigenvalue weighted by Crippen LogP contribution is -2.37. The van der Waals surface area contributed by atoms with Crippen molar-refractivity contribution >= 4 is 17.5 Å². The summed E-state index contributed by atoms with van der Waals surface area (Å²) in [4.78, 5) is 24.5. The summed E-state index contributed by atoms with van der Waals surface area (Å²) in [7, 11) is 0. The van der Waals surface area contributed by atoms with E-state index in [1.807, 2.05) is 20.8 Å². The summed E-state index contributed by atoms with van der Waals surface area (Å²) < 4.78 is 41.2. The number of amides is 2. The molecule has 1 saturated heterocycles. The fraction of sp³-hybridized carbons (Fsp3) is 0.500. The van der Waals surface area contributed by atoms with Crippen LogP contribution >= 0.6 is 0 Å². The van der Waals surface area contributed by atoms with Crippen LogP contribution in [0.4, 0.5) is 18.9 Å². The number of hydrogen-bond donors (Lipinski definition) is 2. The fourth-order valence-corrected chi connectivity index (χ4v) is 2.72. The summed E-state index contributed by atoms with van der Waals surface area (Å²) >= 11 is 0. The van der Waals surface area contributed by atoms with Gasteiger partial charge in [0.05, 0.1) is 5.69 Å². The molecule has 1 aliphatic rings. The highest BCUT2D eigenvalue weighted by Gasteiger charge is 2.46. The predicted molar refractivity (Wildman–Crippen MR) is 81.2 cm³/mol. The monoisotopic (exact) mass is 344 g/mol. The minimum Gasteiger partial charge on any atom is -0.404 e. The molecule has 2 amide bonds. The number of nitrogens with one attached hydrogen (secondary N) is 2. The summed E-state index contributed by atoms with van der Waals surface area (Å²) in [6.07, 6.45) is -4.88. The fourth-order valence-electron chi connectivity index (χ4n) is 2.72. The number of hydrogen-bond acceptors (Lipinski definition) is 3. The number of carbonyl (C=O) groups excluding carboxylic acids is 2. The molecule has 0 bridgehead atoms. The van der Waals surface area contributed by atoms with Crippen LogP contribution in [0.25, 0.3) is 0 Å². The summed E-state index contributed by atoms with van der Waals surface area (Å²) in [5.41, 5.74) is -0.449. The van der Waals surface area contributed by atoms with Crippen molar-refractivity contribution in [2.45, 2.75) is 27.1 Å². The highest BCUT2D eigenvalue weighted by Crippen LogP contribution is 2.37. The zero-order valence-electron chi connectivity index (χ0n) is 13.5. The molecule has 0 aliphatic carbocycles. The van der Waals surface area contributed by atoms with E-state index in [1.165, 1.54) is 18.2 Å². The van der Waals surface area contributed by atoms with Crippen molar-refractivity contribution in [2.75, 3.05) is 11.9 Å². The van der Waals surface area contributed by atoms with Gasteiger partial charge in [0.15, 0.2) is 5.75 Å². The van der Waals surface area contributed by atoms with E-state index in [9.17, 15) is 22.8 Å². The molecule has 1 aliphatic heterocycles. The number of halogens is 3. The Labute approximate surface area is 137 Å². The quantitative estimate of drug-likeness (QED) is 0.829. The van der Waals surface area contributed by atoms with Crippen molar-refractivity contribution in [3.05, 3.63) is 24.3 Å². The maximum Gasteiger partial charge on any atom is 0.573 e. The first-order valence-corrected chi connectivity index (χ1v) is 7.42. The van der Waals surface area contributed by atoms with Gasteiger partial charge in [0.25, 0.3) is 0 Å². The van der Waals surface area contributed by atoms with Gasteiger partial charge in [-0.1, -0.05) is 32.9 Å². The Morgan fingerprint density at radius 3 is 2.46 bits per heavy atom. The van der Waals surface area contributed by atoms with Crippen molar-refractivity contribution in [3.63, 3.8) is 0 Å². The van der Waals surface area contributed by atoms with E-state index in [-0.39, 0.29) is 17.0 Å². The molecule has 2 N–H and O–H groups in total. The summed E-state index contributed by atoms with van der Waals surface area (Å²) in [5.74, 6) is -2.83. The van der Waals surface area contributed by atoms with Crippen LogP contribution in [-0.4, -0.2) is 24.7 Å². The highest BCUT2D eigenvalue weighted by atomic mass is 19.4. The molecule has 1 aromatic rings. The number of benzene rings is 1. The standard InChI is InChI=1S/C16H19F3N2O3/c1-15(2,3)9-8-20-13(22)12(9)14(23)21-10-6-4-5-7-11(10)24-16(17,18)19/h4-7,9,12H,8H2,1-3H3,(H,20,22)(H,21,23)/t9-,12-/m1/s1. The third-order valence-corrected chi connectivity index (χ3v) is 3.95. The van der Waals surface area contributed by atoms with Crippen LogP contribution in [0.15, 0.2) is 24.3 Å². The van der Waals surface area contributed by atoms with E-state index in [1.54, 1.807) is 0 Å². The first-order valence-electron chi connectivity index (χ1n) is 7.42. The lowest BCUT2D eigenvalue weighted by molar-refractivity contribution is -0.274. The first-order chi connectivity index (χ1) is 11.0. The Kier molecular flexibility index (Phi) is 4.77. The van der Waals surface area contributed by atoms with E-state index in [0.717, 1.165) is 6.07 Å². The zero-order valence-corrected chi connectivity index (χ0v) is 13.5. The van der Waals surface area contributed by atoms with Crippen molar-refractivity contribution in [1.29, 1.82) is 0 Å². The van der Waals surface area contributed by atoms with Crippen LogP contribution in [-0.2, 0) is 9.59 Å². The van der Waals surface area contributed by atoms with Gasteiger partial charge in [0.1, 0.15) is 5.92 Å². The molecule has 0 unspecified atom stereocenters. The van der Waals surface area contributed by atoms with Gasteiger partial charge in [-0.05, 0) is 17.5 Å². The van der Waals surface area contributed by atoms with Gasteiger partial charge in [0, 0.05) is 12.5 Å². The normalized spacial score (nSPS) is 21.3. The second-order valence-corrected chi connectivity index (χ2v) is 6.73. The number of anilines is 1. The van der Waals surface area contributed by atoms with E-state index < -0.39 is 29.8 Å². The van der Waals surface area contributed by atoms with Gasteiger partial charge in [-0.25, -0.2) is 0 Å². The SMILES string of the molecule is CC(C)(C)[C@@H]1CNC(=O)[C@@H]1C(=O)Nc1ccccc1OC(F)(F)F. The Morgan fingerprint density at radius 2 is 1.88 bits per heavy atom. The number of ether oxygens (including phenoxy) is 1. The van der Waals surface area contributed by atoms with Crippen molar-refractivity contribution in [1.82, 2.24) is 5.32 Å².